The van der Waals surface area contributed by atoms with Crippen LogP contribution in [0.1, 0.15) is 32.0 Å². The highest BCUT2D eigenvalue weighted by Gasteiger charge is 2.06. The van der Waals surface area contributed by atoms with Gasteiger partial charge < -0.3 is 11.1 Å². The van der Waals surface area contributed by atoms with Crippen molar-refractivity contribution in [1.29, 1.82) is 0 Å². The maximum absolute atomic E-state index is 5.98. The third kappa shape index (κ3) is 6.41. The number of rotatable bonds is 8. The Balaban J connectivity index is 1.97. The van der Waals surface area contributed by atoms with Crippen molar-refractivity contribution in [1.82, 2.24) is 15.0 Å². The second-order valence-corrected chi connectivity index (χ2v) is 6.89. The maximum atomic E-state index is 5.98. The summed E-state index contributed by atoms with van der Waals surface area (Å²) in [7, 11) is 0. The van der Waals surface area contributed by atoms with Crippen molar-refractivity contribution >= 4 is 46.6 Å². The zero-order valence-electron chi connectivity index (χ0n) is 12.9. The number of unbranched alkanes of at least 4 members (excludes halogenated alkanes) is 2. The lowest BCUT2D eigenvalue weighted by molar-refractivity contribution is 0.774. The van der Waals surface area contributed by atoms with Gasteiger partial charge in [0.15, 0.2) is 11.0 Å². The molecule has 124 valence electrons. The molecule has 0 bridgehead atoms. The molecule has 0 amide bonds. The molecule has 2 rings (SSSR count). The van der Waals surface area contributed by atoms with Crippen LogP contribution in [0.4, 0.5) is 11.6 Å². The highest BCUT2D eigenvalue weighted by atomic mass is 35.5. The van der Waals surface area contributed by atoms with Gasteiger partial charge in [-0.15, -0.1) is 0 Å². The van der Waals surface area contributed by atoms with Crippen LogP contribution in [-0.2, 0) is 6.54 Å². The van der Waals surface area contributed by atoms with Gasteiger partial charge in [-0.3, -0.25) is 0 Å². The van der Waals surface area contributed by atoms with E-state index >= 15 is 0 Å². The molecule has 1 heterocycles. The zero-order valence-corrected chi connectivity index (χ0v) is 15.2. The SMILES string of the molecule is CCCCCSc1nc(N)nc(CNc2cc(Cl)cc(Cl)c2)n1. The van der Waals surface area contributed by atoms with Crippen LogP contribution in [0, 0.1) is 0 Å². The molecule has 0 aliphatic carbocycles. The Hall–Kier alpha value is -1.24. The molecule has 5 nitrogen and oxygen atoms in total. The van der Waals surface area contributed by atoms with E-state index in [-0.39, 0.29) is 5.95 Å². The fourth-order valence-corrected chi connectivity index (χ4v) is 3.30. The van der Waals surface area contributed by atoms with E-state index in [4.69, 9.17) is 28.9 Å². The van der Waals surface area contributed by atoms with E-state index in [0.717, 1.165) is 17.9 Å². The summed E-state index contributed by atoms with van der Waals surface area (Å²) in [6.07, 6.45) is 3.54. The van der Waals surface area contributed by atoms with Gasteiger partial charge in [-0.05, 0) is 24.6 Å². The monoisotopic (exact) mass is 371 g/mol. The number of thioether (sulfide) groups is 1. The minimum absolute atomic E-state index is 0.235. The van der Waals surface area contributed by atoms with Crippen molar-refractivity contribution in [3.05, 3.63) is 34.1 Å². The molecule has 0 saturated carbocycles. The summed E-state index contributed by atoms with van der Waals surface area (Å²) in [6.45, 7) is 2.60. The summed E-state index contributed by atoms with van der Waals surface area (Å²) in [5.41, 5.74) is 6.57. The van der Waals surface area contributed by atoms with Gasteiger partial charge in [-0.2, -0.15) is 9.97 Å². The lowest BCUT2D eigenvalue weighted by Gasteiger charge is -2.08. The predicted octanol–water partition coefficient (Wildman–Crippen LogP) is 4.66. The van der Waals surface area contributed by atoms with Crippen LogP contribution in [0.3, 0.4) is 0 Å². The number of hydrogen-bond donors (Lipinski definition) is 2. The van der Waals surface area contributed by atoms with Crippen LogP contribution in [0.5, 0.6) is 0 Å². The molecule has 0 atom stereocenters. The third-order valence-corrected chi connectivity index (χ3v) is 4.34. The van der Waals surface area contributed by atoms with Gasteiger partial charge in [0.05, 0.1) is 6.54 Å². The average molecular weight is 372 g/mol. The van der Waals surface area contributed by atoms with E-state index in [1.165, 1.54) is 12.8 Å². The number of nitrogens with two attached hydrogens (primary N) is 1. The summed E-state index contributed by atoms with van der Waals surface area (Å²) in [5.74, 6) is 1.80. The Kier molecular flexibility index (Phi) is 7.20. The standard InChI is InChI=1S/C15H19Cl2N5S/c1-2-3-4-5-23-15-21-13(20-14(18)22-15)9-19-12-7-10(16)6-11(17)8-12/h6-8,19H,2-5,9H2,1H3,(H2,18,20,21,22). The molecule has 1 aromatic heterocycles. The third-order valence-electron chi connectivity index (χ3n) is 2.97. The molecule has 8 heteroatoms. The highest BCUT2D eigenvalue weighted by molar-refractivity contribution is 7.99. The molecule has 2 aromatic rings. The van der Waals surface area contributed by atoms with Crippen LogP contribution in [-0.4, -0.2) is 20.7 Å². The Morgan fingerprint density at radius 2 is 1.83 bits per heavy atom. The van der Waals surface area contributed by atoms with Gasteiger partial charge in [-0.1, -0.05) is 54.7 Å². The number of hydrogen-bond acceptors (Lipinski definition) is 6. The van der Waals surface area contributed by atoms with Crippen LogP contribution in [0.15, 0.2) is 23.4 Å². The Morgan fingerprint density at radius 3 is 2.52 bits per heavy atom. The van der Waals surface area contributed by atoms with Crippen molar-refractivity contribution in [2.24, 2.45) is 0 Å². The highest BCUT2D eigenvalue weighted by Crippen LogP contribution is 2.23. The van der Waals surface area contributed by atoms with Crippen molar-refractivity contribution < 1.29 is 0 Å². The summed E-state index contributed by atoms with van der Waals surface area (Å²) in [4.78, 5) is 12.7. The van der Waals surface area contributed by atoms with Gasteiger partial charge in [0, 0.05) is 21.5 Å². The molecule has 0 aliphatic rings. The normalized spacial score (nSPS) is 10.7. The number of aromatic nitrogens is 3. The number of nitrogens with one attached hydrogen (secondary N) is 1. The quantitative estimate of drug-likeness (QED) is 0.519. The Labute approximate surface area is 150 Å². The molecule has 23 heavy (non-hydrogen) atoms. The summed E-state index contributed by atoms with van der Waals surface area (Å²) in [6, 6.07) is 5.26. The van der Waals surface area contributed by atoms with Crippen molar-refractivity contribution in [2.75, 3.05) is 16.8 Å². The molecular formula is C15H19Cl2N5S. The van der Waals surface area contributed by atoms with Crippen LogP contribution < -0.4 is 11.1 Å². The van der Waals surface area contributed by atoms with E-state index in [1.54, 1.807) is 30.0 Å². The summed E-state index contributed by atoms with van der Waals surface area (Å²) >= 11 is 13.6. The summed E-state index contributed by atoms with van der Waals surface area (Å²) < 4.78 is 0. The number of benzene rings is 1. The number of anilines is 2. The second kappa shape index (κ2) is 9.15. The van der Waals surface area contributed by atoms with Crippen molar-refractivity contribution in [3.8, 4) is 0 Å². The topological polar surface area (TPSA) is 76.7 Å². The van der Waals surface area contributed by atoms with Crippen molar-refractivity contribution in [2.45, 2.75) is 37.9 Å². The molecule has 0 spiro atoms. The van der Waals surface area contributed by atoms with E-state index < -0.39 is 0 Å². The first-order chi connectivity index (χ1) is 11.1. The predicted molar refractivity (Wildman–Crippen MR) is 98.3 cm³/mol. The van der Waals surface area contributed by atoms with Gasteiger partial charge in [-0.25, -0.2) is 4.98 Å². The maximum Gasteiger partial charge on any atom is 0.224 e. The number of nitrogen functional groups attached to an aromatic ring is 1. The largest absolute Gasteiger partial charge is 0.378 e. The lowest BCUT2D eigenvalue weighted by Crippen LogP contribution is -2.09. The van der Waals surface area contributed by atoms with Gasteiger partial charge in [0.2, 0.25) is 5.95 Å². The van der Waals surface area contributed by atoms with E-state index in [1.807, 2.05) is 0 Å². The Morgan fingerprint density at radius 1 is 1.09 bits per heavy atom. The fraction of sp³-hybridized carbons (Fsp3) is 0.400. The zero-order chi connectivity index (χ0) is 16.7. The lowest BCUT2D eigenvalue weighted by atomic mass is 10.3. The average Bonchev–Trinajstić information content (AvgIpc) is 2.48. The molecule has 0 radical (unpaired) electrons. The molecule has 0 unspecified atom stereocenters. The molecule has 3 N–H and O–H groups in total. The van der Waals surface area contributed by atoms with E-state index in [9.17, 15) is 0 Å². The fourth-order valence-electron chi connectivity index (χ4n) is 1.91. The second-order valence-electron chi connectivity index (χ2n) is 4.96. The van der Waals surface area contributed by atoms with Gasteiger partial charge >= 0.3 is 0 Å². The number of nitrogens with zero attached hydrogens (tertiary/aromatic N) is 3. The van der Waals surface area contributed by atoms with E-state index in [0.29, 0.717) is 27.6 Å². The molecular weight excluding hydrogens is 353 g/mol. The first kappa shape index (κ1) is 18.1. The van der Waals surface area contributed by atoms with Crippen molar-refractivity contribution in [3.63, 3.8) is 0 Å². The number of halogens is 2. The van der Waals surface area contributed by atoms with Crippen LogP contribution in [0.2, 0.25) is 10.0 Å². The summed E-state index contributed by atoms with van der Waals surface area (Å²) in [5, 5.41) is 4.99. The van der Waals surface area contributed by atoms with E-state index in [2.05, 4.69) is 27.2 Å². The van der Waals surface area contributed by atoms with Gasteiger partial charge in [0.25, 0.3) is 0 Å². The Bertz CT molecular complexity index is 634. The minimum Gasteiger partial charge on any atom is -0.378 e. The minimum atomic E-state index is 0.235. The molecule has 0 saturated heterocycles. The molecule has 0 fully saturated rings. The molecule has 0 aliphatic heterocycles. The smallest absolute Gasteiger partial charge is 0.224 e. The first-order valence-electron chi connectivity index (χ1n) is 7.40. The first-order valence-corrected chi connectivity index (χ1v) is 9.14. The van der Waals surface area contributed by atoms with Gasteiger partial charge in [0.1, 0.15) is 0 Å². The van der Waals surface area contributed by atoms with Crippen LogP contribution in [0.25, 0.3) is 0 Å². The van der Waals surface area contributed by atoms with Crippen LogP contribution >= 0.6 is 35.0 Å². The molecule has 1 aromatic carbocycles.